The van der Waals surface area contributed by atoms with Crippen LogP contribution in [0.15, 0.2) is 12.2 Å². The van der Waals surface area contributed by atoms with Crippen molar-refractivity contribution in [3.63, 3.8) is 0 Å². The first kappa shape index (κ1) is 60.9. The van der Waals surface area contributed by atoms with E-state index in [1.165, 1.54) is 0 Å². The maximum absolute atomic E-state index is 12.7. The fraction of sp³-hybridized carbons (Fsp3) is 0.962. The molecule has 0 aromatic carbocycles. The minimum Gasteiger partial charge on any atom is -0.394 e. The zero-order valence-corrected chi connectivity index (χ0v) is 44.5. The Morgan fingerprint density at radius 3 is 1.80 bits per heavy atom. The zero-order valence-electron chi connectivity index (χ0n) is 44.5. The average molecular weight is 1100 g/mol. The smallest absolute Gasteiger partial charge is 0.187 e. The quantitative estimate of drug-likeness (QED) is 0.0329. The lowest BCUT2D eigenvalue weighted by Crippen LogP contribution is -2.66. The van der Waals surface area contributed by atoms with Crippen molar-refractivity contribution in [2.24, 2.45) is 45.8 Å². The molecule has 4 heterocycles. The molecule has 24 nitrogen and oxygen atoms in total. The average Bonchev–Trinajstić information content (AvgIpc) is 3.98. The summed E-state index contributed by atoms with van der Waals surface area (Å²) < 4.78 is 48.5. The van der Waals surface area contributed by atoms with Gasteiger partial charge in [-0.3, -0.25) is 5.26 Å². The first-order valence-electron chi connectivity index (χ1n) is 27.2. The molecule has 29 unspecified atom stereocenters. The Morgan fingerprint density at radius 2 is 1.16 bits per heavy atom. The summed E-state index contributed by atoms with van der Waals surface area (Å²) in [7, 11) is 0. The number of ether oxygens (including phenoxy) is 8. The van der Waals surface area contributed by atoms with Crippen molar-refractivity contribution >= 4 is 0 Å². The van der Waals surface area contributed by atoms with Crippen LogP contribution in [-0.4, -0.2) is 243 Å². The second-order valence-electron chi connectivity index (χ2n) is 25.1. The Balaban J connectivity index is 1.01. The molecule has 0 bridgehead atoms. The lowest BCUT2D eigenvalue weighted by Gasteiger charge is -2.68. The number of hydrogen-bond acceptors (Lipinski definition) is 24. The fourth-order valence-corrected chi connectivity index (χ4v) is 15.5. The Kier molecular flexibility index (Phi) is 18.6. The minimum atomic E-state index is -1.82. The van der Waals surface area contributed by atoms with Gasteiger partial charge in [0.15, 0.2) is 25.2 Å². The van der Waals surface area contributed by atoms with Crippen molar-refractivity contribution in [2.45, 2.75) is 240 Å². The van der Waals surface area contributed by atoms with Gasteiger partial charge in [0, 0.05) is 0 Å². The van der Waals surface area contributed by atoms with Gasteiger partial charge in [-0.05, 0) is 118 Å². The van der Waals surface area contributed by atoms with Gasteiger partial charge in [-0.2, -0.15) is 0 Å². The highest BCUT2D eigenvalue weighted by molar-refractivity contribution is 5.17. The summed E-state index contributed by atoms with van der Waals surface area (Å²) in [5.74, 6) is -0.588. The van der Waals surface area contributed by atoms with Gasteiger partial charge < -0.3 is 109 Å². The molecular weight excluding hydrogens is 1010 g/mol. The predicted molar refractivity (Wildman–Crippen MR) is 258 cm³/mol. The first-order valence-corrected chi connectivity index (χ1v) is 27.2. The molecule has 440 valence electrons. The Labute approximate surface area is 442 Å². The Morgan fingerprint density at radius 1 is 0.579 bits per heavy atom. The summed E-state index contributed by atoms with van der Waals surface area (Å²) in [5.41, 5.74) is -3.49. The molecule has 8 rings (SSSR count). The normalized spacial score (nSPS) is 51.7. The molecule has 4 aliphatic carbocycles. The van der Waals surface area contributed by atoms with E-state index in [1.807, 2.05) is 6.92 Å². The summed E-state index contributed by atoms with van der Waals surface area (Å²) in [6.07, 6.45) is -23.1. The van der Waals surface area contributed by atoms with E-state index in [2.05, 4.69) is 32.6 Å². The van der Waals surface area contributed by atoms with Crippen molar-refractivity contribution in [2.75, 3.05) is 26.4 Å². The van der Waals surface area contributed by atoms with Crippen LogP contribution in [0.1, 0.15) is 99.8 Å². The minimum absolute atomic E-state index is 0.00562. The van der Waals surface area contributed by atoms with Gasteiger partial charge in [-0.1, -0.05) is 39.8 Å². The highest BCUT2D eigenvalue weighted by atomic mass is 17.1. The maximum Gasteiger partial charge on any atom is 0.187 e. The molecule has 24 heteroatoms. The number of aliphatic hydroxyl groups is 14. The zero-order chi connectivity index (χ0) is 55.8. The van der Waals surface area contributed by atoms with Crippen LogP contribution in [0.4, 0.5) is 0 Å². The third-order valence-electron chi connectivity index (χ3n) is 19.8. The van der Waals surface area contributed by atoms with E-state index in [4.69, 9.17) is 37.9 Å². The van der Waals surface area contributed by atoms with Gasteiger partial charge in [-0.15, -0.1) is 0 Å². The van der Waals surface area contributed by atoms with Crippen LogP contribution in [0.2, 0.25) is 0 Å². The number of hydrogen-bond donors (Lipinski definition) is 15. The molecule has 8 fully saturated rings. The molecule has 76 heavy (non-hydrogen) atoms. The lowest BCUT2D eigenvalue weighted by atomic mass is 9.38. The number of aliphatic hydroxyl groups excluding tert-OH is 14. The molecule has 4 aliphatic heterocycles. The van der Waals surface area contributed by atoms with Gasteiger partial charge in [-0.25, -0.2) is 4.89 Å². The van der Waals surface area contributed by atoms with E-state index in [-0.39, 0.29) is 53.4 Å². The standard InChI is InChI=1S/C52H88O24/c1-48(2,76-67)13-8-14-52(7,75-46-42(66)38(62)36(60)28(72-46)21-69-44-40(64)33(57)25(56)20-68-44)23-10-9-22-32(23)24(55)17-30-50(22,5)15-11-29-49(3,4)31(12-16-51(29,30)6)73-47-43(39(63)35(59)27(19-54)71-47)74-45-41(65)37(61)34(58)26(18-53)70-45/h8,13,22-47,53-67H,9-12,14-21H2,1-7H3. The molecule has 29 atom stereocenters. The fourth-order valence-electron chi connectivity index (χ4n) is 15.5. The predicted octanol–water partition coefficient (Wildman–Crippen LogP) is -2.49. The second-order valence-corrected chi connectivity index (χ2v) is 25.1. The molecule has 0 aromatic heterocycles. The van der Waals surface area contributed by atoms with Crippen LogP contribution >= 0.6 is 0 Å². The second kappa shape index (κ2) is 23.2. The molecule has 4 saturated carbocycles. The van der Waals surface area contributed by atoms with E-state index < -0.39 is 165 Å². The topological polar surface area (TPSA) is 387 Å². The highest BCUT2D eigenvalue weighted by Gasteiger charge is 2.68. The van der Waals surface area contributed by atoms with Crippen molar-refractivity contribution in [1.82, 2.24) is 0 Å². The summed E-state index contributed by atoms with van der Waals surface area (Å²) in [6, 6.07) is 0. The van der Waals surface area contributed by atoms with Crippen LogP contribution in [0.25, 0.3) is 0 Å². The van der Waals surface area contributed by atoms with E-state index in [9.17, 15) is 76.7 Å². The molecular formula is C52H88O24. The molecule has 0 spiro atoms. The molecule has 15 N–H and O–H groups in total. The van der Waals surface area contributed by atoms with Gasteiger partial charge in [0.2, 0.25) is 0 Å². The van der Waals surface area contributed by atoms with E-state index >= 15 is 0 Å². The van der Waals surface area contributed by atoms with Crippen LogP contribution in [-0.2, 0) is 42.8 Å². The highest BCUT2D eigenvalue weighted by Crippen LogP contribution is 2.72. The van der Waals surface area contributed by atoms with Crippen LogP contribution in [0.3, 0.4) is 0 Å². The van der Waals surface area contributed by atoms with Gasteiger partial charge in [0.25, 0.3) is 0 Å². The summed E-state index contributed by atoms with van der Waals surface area (Å²) in [5, 5.41) is 161. The van der Waals surface area contributed by atoms with E-state index in [1.54, 1.807) is 26.0 Å². The number of fused-ring (bicyclic) bond motifs is 5. The van der Waals surface area contributed by atoms with Crippen LogP contribution in [0.5, 0.6) is 0 Å². The first-order chi connectivity index (χ1) is 35.6. The SMILES string of the molecule is CC(C)(C=CCC(C)(OC1OC(COC2OCC(O)C(O)C2O)C(O)C(O)C1O)C1CCC2C1C(O)CC1C2(C)CCC2C(C)(C)C(OC3OC(CO)C(O)C(O)C3OC3OC(CO)C(O)C(O)C3O)CCC21C)OO. The largest absolute Gasteiger partial charge is 0.394 e. The van der Waals surface area contributed by atoms with Crippen molar-refractivity contribution in [3.05, 3.63) is 12.2 Å². The Bertz CT molecular complexity index is 1950. The molecule has 4 saturated heterocycles. The summed E-state index contributed by atoms with van der Waals surface area (Å²) in [4.78, 5) is 4.69. The number of rotatable bonds is 16. The van der Waals surface area contributed by atoms with Gasteiger partial charge in [0.05, 0.1) is 44.2 Å². The maximum atomic E-state index is 12.7. The van der Waals surface area contributed by atoms with Crippen LogP contribution in [0, 0.1) is 45.8 Å². The third kappa shape index (κ3) is 11.1. The van der Waals surface area contributed by atoms with E-state index in [0.29, 0.717) is 25.7 Å². The van der Waals surface area contributed by atoms with Crippen molar-refractivity contribution in [1.29, 1.82) is 0 Å². The summed E-state index contributed by atoms with van der Waals surface area (Å²) >= 11 is 0. The van der Waals surface area contributed by atoms with E-state index in [0.717, 1.165) is 19.3 Å². The third-order valence-corrected chi connectivity index (χ3v) is 19.8. The van der Waals surface area contributed by atoms with Crippen LogP contribution < -0.4 is 0 Å². The molecule has 0 amide bonds. The molecule has 0 aromatic rings. The molecule has 8 aliphatic rings. The monoisotopic (exact) mass is 1100 g/mol. The lowest BCUT2D eigenvalue weighted by molar-refractivity contribution is -0.378. The van der Waals surface area contributed by atoms with Gasteiger partial charge >= 0.3 is 0 Å². The van der Waals surface area contributed by atoms with Crippen molar-refractivity contribution in [3.8, 4) is 0 Å². The Hall–Kier alpha value is -1.22. The summed E-state index contributed by atoms with van der Waals surface area (Å²) in [6.45, 7) is 11.8. The molecule has 0 radical (unpaired) electrons. The van der Waals surface area contributed by atoms with Crippen molar-refractivity contribution < 1.29 is 120 Å². The van der Waals surface area contributed by atoms with Gasteiger partial charge in [0.1, 0.15) is 97.2 Å².